The quantitative estimate of drug-likeness (QED) is 0.703. The molecule has 0 aliphatic heterocycles. The fraction of sp³-hybridized carbons (Fsp3) is 0. The number of halogens is 1. The Labute approximate surface area is 101 Å². The lowest BCUT2D eigenvalue weighted by Crippen LogP contribution is -2.04. The number of hydrogen-bond acceptors (Lipinski definition) is 5. The lowest BCUT2D eigenvalue weighted by atomic mass is 10.3. The number of anilines is 1. The van der Waals surface area contributed by atoms with Crippen LogP contribution < -0.4 is 5.73 Å². The maximum absolute atomic E-state index is 5.81. The molecule has 0 amide bonds. The van der Waals surface area contributed by atoms with Crippen molar-refractivity contribution in [3.05, 3.63) is 35.5 Å². The molecule has 0 aliphatic carbocycles. The average molecular weight is 247 g/mol. The van der Waals surface area contributed by atoms with Crippen LogP contribution in [0, 0.1) is 0 Å². The van der Waals surface area contributed by atoms with Crippen molar-refractivity contribution in [3.8, 4) is 5.95 Å². The molecule has 2 heterocycles. The number of hydrogen-bond donors (Lipinski definition) is 1. The summed E-state index contributed by atoms with van der Waals surface area (Å²) >= 11 is 5.81. The van der Waals surface area contributed by atoms with Gasteiger partial charge in [0.25, 0.3) is 5.95 Å². The van der Waals surface area contributed by atoms with E-state index in [0.717, 1.165) is 11.0 Å². The molecule has 0 bridgehead atoms. The molecule has 0 radical (unpaired) electrons. The van der Waals surface area contributed by atoms with Gasteiger partial charge in [0.2, 0.25) is 0 Å². The van der Waals surface area contributed by atoms with E-state index < -0.39 is 0 Å². The minimum absolute atomic E-state index is 0.239. The standard InChI is InChI=1S/C10H7ClN6/c11-6-5-17(16-9(6)12)10-13-7-3-1-2-4-8(7)14-15-10/h1-5H,(H2,12,16). The van der Waals surface area contributed by atoms with E-state index in [2.05, 4.69) is 20.3 Å². The zero-order valence-electron chi connectivity index (χ0n) is 8.58. The molecule has 2 aromatic heterocycles. The summed E-state index contributed by atoms with van der Waals surface area (Å²) < 4.78 is 1.40. The second kappa shape index (κ2) is 3.67. The highest BCUT2D eigenvalue weighted by atomic mass is 35.5. The Bertz CT molecular complexity index is 673. The van der Waals surface area contributed by atoms with Gasteiger partial charge in [-0.1, -0.05) is 23.7 Å². The van der Waals surface area contributed by atoms with Crippen LogP contribution in [0.25, 0.3) is 17.0 Å². The first kappa shape index (κ1) is 9.98. The van der Waals surface area contributed by atoms with Gasteiger partial charge in [-0.3, -0.25) is 0 Å². The van der Waals surface area contributed by atoms with E-state index in [-0.39, 0.29) is 5.82 Å². The van der Waals surface area contributed by atoms with E-state index in [4.69, 9.17) is 17.3 Å². The highest BCUT2D eigenvalue weighted by Gasteiger charge is 2.08. The number of para-hydroxylation sites is 1. The van der Waals surface area contributed by atoms with Crippen LogP contribution in [0.1, 0.15) is 0 Å². The van der Waals surface area contributed by atoms with E-state index in [0.29, 0.717) is 11.0 Å². The zero-order valence-corrected chi connectivity index (χ0v) is 9.33. The summed E-state index contributed by atoms with van der Waals surface area (Å²) in [5, 5.41) is 12.3. The summed E-state index contributed by atoms with van der Waals surface area (Å²) in [4.78, 5) is 4.31. The van der Waals surface area contributed by atoms with Crippen LogP contribution in [0.2, 0.25) is 5.02 Å². The van der Waals surface area contributed by atoms with Gasteiger partial charge in [0.05, 0.1) is 11.7 Å². The maximum Gasteiger partial charge on any atom is 0.270 e. The Hall–Kier alpha value is -2.21. The molecule has 17 heavy (non-hydrogen) atoms. The molecule has 3 rings (SSSR count). The third-order valence-corrected chi connectivity index (χ3v) is 2.54. The second-order valence-corrected chi connectivity index (χ2v) is 3.81. The van der Waals surface area contributed by atoms with Crippen LogP contribution in [0.15, 0.2) is 30.5 Å². The number of benzene rings is 1. The highest BCUT2D eigenvalue weighted by molar-refractivity contribution is 6.32. The van der Waals surface area contributed by atoms with Gasteiger partial charge >= 0.3 is 0 Å². The largest absolute Gasteiger partial charge is 0.381 e. The summed E-state index contributed by atoms with van der Waals surface area (Å²) in [6.45, 7) is 0. The molecular weight excluding hydrogens is 240 g/mol. The molecule has 84 valence electrons. The van der Waals surface area contributed by atoms with Crippen molar-refractivity contribution in [2.45, 2.75) is 0 Å². The van der Waals surface area contributed by atoms with Crippen molar-refractivity contribution in [1.29, 1.82) is 0 Å². The van der Waals surface area contributed by atoms with Gasteiger partial charge in [0, 0.05) is 0 Å². The lowest BCUT2D eigenvalue weighted by Gasteiger charge is -1.99. The van der Waals surface area contributed by atoms with E-state index in [1.807, 2.05) is 24.3 Å². The SMILES string of the molecule is Nc1nn(-c2nnc3ccccc3n2)cc1Cl. The predicted molar refractivity (Wildman–Crippen MR) is 63.9 cm³/mol. The average Bonchev–Trinajstić information content (AvgIpc) is 2.69. The molecule has 2 N–H and O–H groups in total. The number of rotatable bonds is 1. The Morgan fingerprint density at radius 3 is 2.59 bits per heavy atom. The van der Waals surface area contributed by atoms with Crippen molar-refractivity contribution >= 4 is 28.5 Å². The zero-order chi connectivity index (χ0) is 11.8. The number of aromatic nitrogens is 5. The van der Waals surface area contributed by atoms with Gasteiger partial charge in [0.15, 0.2) is 5.82 Å². The number of nitrogen functional groups attached to an aromatic ring is 1. The predicted octanol–water partition coefficient (Wildman–Crippen LogP) is 1.45. The summed E-state index contributed by atoms with van der Waals surface area (Å²) in [5.74, 6) is 0.575. The van der Waals surface area contributed by atoms with Crippen LogP contribution in [-0.2, 0) is 0 Å². The third kappa shape index (κ3) is 1.68. The highest BCUT2D eigenvalue weighted by Crippen LogP contribution is 2.17. The van der Waals surface area contributed by atoms with Crippen LogP contribution >= 0.6 is 11.6 Å². The Balaban J connectivity index is 2.17. The van der Waals surface area contributed by atoms with Gasteiger partial charge in [-0.15, -0.1) is 15.3 Å². The van der Waals surface area contributed by atoms with E-state index >= 15 is 0 Å². The lowest BCUT2D eigenvalue weighted by molar-refractivity contribution is 0.790. The molecule has 0 unspecified atom stereocenters. The first-order valence-corrected chi connectivity index (χ1v) is 5.22. The number of fused-ring (bicyclic) bond motifs is 1. The van der Waals surface area contributed by atoms with Crippen LogP contribution in [-0.4, -0.2) is 25.0 Å². The summed E-state index contributed by atoms with van der Waals surface area (Å²) in [6.07, 6.45) is 1.54. The van der Waals surface area contributed by atoms with Crippen LogP contribution in [0.4, 0.5) is 5.82 Å². The summed E-state index contributed by atoms with van der Waals surface area (Å²) in [5.41, 5.74) is 7.01. The van der Waals surface area contributed by atoms with Crippen LogP contribution in [0.3, 0.4) is 0 Å². The first-order valence-electron chi connectivity index (χ1n) is 4.84. The monoisotopic (exact) mass is 246 g/mol. The molecular formula is C10H7ClN6. The Morgan fingerprint density at radius 2 is 1.88 bits per heavy atom. The molecule has 0 fully saturated rings. The fourth-order valence-electron chi connectivity index (χ4n) is 1.44. The fourth-order valence-corrected chi connectivity index (χ4v) is 1.57. The molecule has 3 aromatic rings. The van der Waals surface area contributed by atoms with Crippen molar-refractivity contribution in [1.82, 2.24) is 25.0 Å². The van der Waals surface area contributed by atoms with Crippen molar-refractivity contribution in [2.24, 2.45) is 0 Å². The molecule has 0 saturated carbocycles. The molecule has 0 spiro atoms. The second-order valence-electron chi connectivity index (χ2n) is 3.41. The molecule has 0 aliphatic rings. The van der Waals surface area contributed by atoms with Crippen molar-refractivity contribution < 1.29 is 0 Å². The minimum Gasteiger partial charge on any atom is -0.381 e. The molecule has 0 atom stereocenters. The third-order valence-electron chi connectivity index (χ3n) is 2.25. The Morgan fingerprint density at radius 1 is 1.12 bits per heavy atom. The van der Waals surface area contributed by atoms with Gasteiger partial charge in [0.1, 0.15) is 10.5 Å². The van der Waals surface area contributed by atoms with E-state index in [9.17, 15) is 0 Å². The Kier molecular flexibility index (Phi) is 2.15. The van der Waals surface area contributed by atoms with E-state index in [1.54, 1.807) is 6.20 Å². The molecule has 1 aromatic carbocycles. The van der Waals surface area contributed by atoms with Crippen molar-refractivity contribution in [3.63, 3.8) is 0 Å². The number of nitrogens with zero attached hydrogens (tertiary/aromatic N) is 5. The normalized spacial score (nSPS) is 10.9. The van der Waals surface area contributed by atoms with E-state index in [1.165, 1.54) is 4.68 Å². The van der Waals surface area contributed by atoms with Gasteiger partial charge in [-0.05, 0) is 12.1 Å². The summed E-state index contributed by atoms with van der Waals surface area (Å²) in [6, 6.07) is 7.44. The van der Waals surface area contributed by atoms with Gasteiger partial charge in [-0.25, -0.2) is 9.67 Å². The molecule has 6 nitrogen and oxygen atoms in total. The first-order chi connectivity index (χ1) is 8.24. The van der Waals surface area contributed by atoms with Gasteiger partial charge in [-0.2, -0.15) is 0 Å². The molecule has 7 heteroatoms. The molecule has 0 saturated heterocycles. The van der Waals surface area contributed by atoms with Gasteiger partial charge < -0.3 is 5.73 Å². The topological polar surface area (TPSA) is 82.5 Å². The summed E-state index contributed by atoms with van der Waals surface area (Å²) in [7, 11) is 0. The minimum atomic E-state index is 0.239. The number of nitrogens with two attached hydrogens (primary N) is 1. The van der Waals surface area contributed by atoms with Crippen LogP contribution in [0.5, 0.6) is 0 Å². The maximum atomic E-state index is 5.81. The van der Waals surface area contributed by atoms with Crippen molar-refractivity contribution in [2.75, 3.05) is 5.73 Å². The smallest absolute Gasteiger partial charge is 0.270 e.